The number of methoxy groups -OCH3 is 1. The van der Waals surface area contributed by atoms with Crippen molar-refractivity contribution in [3.05, 3.63) is 29.2 Å². The van der Waals surface area contributed by atoms with E-state index in [1.165, 1.54) is 24.1 Å². The average Bonchev–Trinajstić information content (AvgIpc) is 2.59. The lowest BCUT2D eigenvalue weighted by Gasteiger charge is -1.97. The smallest absolute Gasteiger partial charge is 0.211 e. The Morgan fingerprint density at radius 2 is 2.19 bits per heavy atom. The van der Waals surface area contributed by atoms with Crippen LogP contribution in [-0.4, -0.2) is 21.9 Å². The third-order valence-corrected chi connectivity index (χ3v) is 2.30. The molecule has 0 N–H and O–H groups in total. The number of hydrogen-bond acceptors (Lipinski definition) is 3. The molecule has 0 aliphatic heterocycles. The Balaban J connectivity index is 2.50. The van der Waals surface area contributed by atoms with Crippen LogP contribution in [0.2, 0.25) is 5.02 Å². The Kier molecular flexibility index (Phi) is 2.78. The second-order valence-electron chi connectivity index (χ2n) is 3.18. The highest BCUT2D eigenvalue weighted by molar-refractivity contribution is 6.30. The fourth-order valence-corrected chi connectivity index (χ4v) is 1.50. The number of aryl methyl sites for hydroxylation is 1. The Morgan fingerprint density at radius 3 is 2.75 bits per heavy atom. The maximum atomic E-state index is 13.5. The van der Waals surface area contributed by atoms with E-state index in [0.29, 0.717) is 11.6 Å². The summed E-state index contributed by atoms with van der Waals surface area (Å²) in [6.45, 7) is 0. The first kappa shape index (κ1) is 10.9. The van der Waals surface area contributed by atoms with E-state index in [4.69, 9.17) is 16.3 Å². The number of rotatable bonds is 2. The molecular formula is C10H9ClFN3O. The zero-order valence-electron chi connectivity index (χ0n) is 8.74. The van der Waals surface area contributed by atoms with Crippen molar-refractivity contribution in [3.8, 4) is 17.3 Å². The van der Waals surface area contributed by atoms with Crippen LogP contribution in [0.1, 0.15) is 0 Å². The van der Waals surface area contributed by atoms with Crippen LogP contribution in [0.4, 0.5) is 4.39 Å². The van der Waals surface area contributed by atoms with Crippen molar-refractivity contribution in [1.29, 1.82) is 0 Å². The van der Waals surface area contributed by atoms with E-state index < -0.39 is 5.82 Å². The summed E-state index contributed by atoms with van der Waals surface area (Å²) in [6, 6.07) is 2.81. The molecule has 0 fully saturated rings. The van der Waals surface area contributed by atoms with Crippen LogP contribution in [0.15, 0.2) is 18.3 Å². The zero-order chi connectivity index (χ0) is 11.7. The van der Waals surface area contributed by atoms with Gasteiger partial charge >= 0.3 is 0 Å². The van der Waals surface area contributed by atoms with E-state index in [0.717, 1.165) is 0 Å². The van der Waals surface area contributed by atoms with Gasteiger partial charge in [-0.2, -0.15) is 5.10 Å². The van der Waals surface area contributed by atoms with Gasteiger partial charge in [-0.1, -0.05) is 11.6 Å². The van der Waals surface area contributed by atoms with Crippen molar-refractivity contribution in [3.63, 3.8) is 0 Å². The van der Waals surface area contributed by atoms with E-state index in [-0.39, 0.29) is 10.7 Å². The number of nitrogens with zero attached hydrogens (tertiary/aromatic N) is 3. The second-order valence-corrected chi connectivity index (χ2v) is 3.62. The van der Waals surface area contributed by atoms with Gasteiger partial charge in [0.1, 0.15) is 11.4 Å². The predicted molar refractivity (Wildman–Crippen MR) is 58.0 cm³/mol. The molecular weight excluding hydrogens is 233 g/mol. The molecule has 0 saturated heterocycles. The molecule has 2 aromatic heterocycles. The number of aromatic nitrogens is 3. The highest BCUT2D eigenvalue weighted by Crippen LogP contribution is 2.24. The van der Waals surface area contributed by atoms with Crippen LogP contribution in [-0.2, 0) is 7.05 Å². The lowest BCUT2D eigenvalue weighted by Crippen LogP contribution is -1.95. The van der Waals surface area contributed by atoms with Crippen molar-refractivity contribution in [2.45, 2.75) is 0 Å². The van der Waals surface area contributed by atoms with Crippen LogP contribution in [0.3, 0.4) is 0 Å². The van der Waals surface area contributed by atoms with Gasteiger partial charge < -0.3 is 4.74 Å². The van der Waals surface area contributed by atoms with Gasteiger partial charge in [0.15, 0.2) is 5.82 Å². The van der Waals surface area contributed by atoms with Crippen molar-refractivity contribution >= 4 is 11.6 Å². The number of halogens is 2. The maximum Gasteiger partial charge on any atom is 0.211 e. The largest absolute Gasteiger partial charge is 0.481 e. The maximum absolute atomic E-state index is 13.5. The van der Waals surface area contributed by atoms with E-state index in [1.54, 1.807) is 13.1 Å². The van der Waals surface area contributed by atoms with Gasteiger partial charge in [-0.15, -0.1) is 0 Å². The molecule has 2 rings (SSSR count). The van der Waals surface area contributed by atoms with Gasteiger partial charge in [0.2, 0.25) is 5.88 Å². The molecule has 4 nitrogen and oxygen atoms in total. The standard InChI is InChI=1S/C10H9ClFN3O/c1-15-9(16-2)4-8(14-15)10-7(12)3-6(11)5-13-10/h3-5H,1-2H3. The molecule has 6 heteroatoms. The summed E-state index contributed by atoms with van der Waals surface area (Å²) < 4.78 is 20.1. The van der Waals surface area contributed by atoms with Gasteiger partial charge in [0, 0.05) is 19.3 Å². The molecule has 0 atom stereocenters. The summed E-state index contributed by atoms with van der Waals surface area (Å²) in [5.74, 6) is 0.0272. The van der Waals surface area contributed by atoms with E-state index in [2.05, 4.69) is 10.1 Å². The summed E-state index contributed by atoms with van der Waals surface area (Å²) in [5, 5.41) is 4.34. The van der Waals surface area contributed by atoms with Crippen LogP contribution in [0.25, 0.3) is 11.4 Å². The fourth-order valence-electron chi connectivity index (χ4n) is 1.36. The Bertz CT molecular complexity index is 527. The normalized spacial score (nSPS) is 10.5. The van der Waals surface area contributed by atoms with Gasteiger partial charge in [0.05, 0.1) is 12.1 Å². The lowest BCUT2D eigenvalue weighted by molar-refractivity contribution is 0.373. The Morgan fingerprint density at radius 1 is 1.44 bits per heavy atom. The third kappa shape index (κ3) is 1.86. The third-order valence-electron chi connectivity index (χ3n) is 2.10. The minimum atomic E-state index is -0.506. The first-order valence-corrected chi connectivity index (χ1v) is 4.89. The summed E-state index contributed by atoms with van der Waals surface area (Å²) in [6.07, 6.45) is 1.38. The minimum absolute atomic E-state index is 0.156. The van der Waals surface area contributed by atoms with Crippen molar-refractivity contribution < 1.29 is 9.13 Å². The quantitative estimate of drug-likeness (QED) is 0.810. The van der Waals surface area contributed by atoms with E-state index in [1.807, 2.05) is 0 Å². The van der Waals surface area contributed by atoms with Crippen LogP contribution in [0.5, 0.6) is 5.88 Å². The first-order chi connectivity index (χ1) is 7.61. The van der Waals surface area contributed by atoms with Gasteiger partial charge in [0.25, 0.3) is 0 Å². The number of pyridine rings is 1. The highest BCUT2D eigenvalue weighted by atomic mass is 35.5. The summed E-state index contributed by atoms with van der Waals surface area (Å²) in [5.41, 5.74) is 0.566. The van der Waals surface area contributed by atoms with Gasteiger partial charge in [-0.3, -0.25) is 0 Å². The molecule has 0 aliphatic carbocycles. The highest BCUT2D eigenvalue weighted by Gasteiger charge is 2.13. The van der Waals surface area contributed by atoms with Crippen LogP contribution in [0, 0.1) is 5.82 Å². The molecule has 0 radical (unpaired) electrons. The Labute approximate surface area is 96.6 Å². The summed E-state index contributed by atoms with van der Waals surface area (Å²) in [4.78, 5) is 3.90. The Hall–Kier alpha value is -1.62. The molecule has 0 saturated carbocycles. The molecule has 2 aromatic rings. The summed E-state index contributed by atoms with van der Waals surface area (Å²) >= 11 is 5.62. The zero-order valence-corrected chi connectivity index (χ0v) is 9.49. The molecule has 16 heavy (non-hydrogen) atoms. The lowest BCUT2D eigenvalue weighted by atomic mass is 10.2. The van der Waals surface area contributed by atoms with Crippen molar-refractivity contribution in [2.24, 2.45) is 7.05 Å². The predicted octanol–water partition coefficient (Wildman–Crippen LogP) is 2.28. The summed E-state index contributed by atoms with van der Waals surface area (Å²) in [7, 11) is 3.22. The molecule has 0 spiro atoms. The molecule has 0 aromatic carbocycles. The number of ether oxygens (including phenoxy) is 1. The molecule has 84 valence electrons. The molecule has 0 amide bonds. The van der Waals surface area contributed by atoms with Gasteiger partial charge in [-0.25, -0.2) is 14.1 Å². The van der Waals surface area contributed by atoms with Gasteiger partial charge in [-0.05, 0) is 6.07 Å². The molecule has 0 aliphatic rings. The molecule has 0 bridgehead atoms. The van der Waals surface area contributed by atoms with E-state index in [9.17, 15) is 4.39 Å². The van der Waals surface area contributed by atoms with Crippen LogP contribution >= 0.6 is 11.6 Å². The van der Waals surface area contributed by atoms with E-state index >= 15 is 0 Å². The molecule has 0 unspecified atom stereocenters. The van der Waals surface area contributed by atoms with Crippen molar-refractivity contribution in [1.82, 2.24) is 14.8 Å². The monoisotopic (exact) mass is 241 g/mol. The van der Waals surface area contributed by atoms with Crippen molar-refractivity contribution in [2.75, 3.05) is 7.11 Å². The topological polar surface area (TPSA) is 39.9 Å². The SMILES string of the molecule is COc1cc(-c2ncc(Cl)cc2F)nn1C. The average molecular weight is 242 g/mol. The van der Waals surface area contributed by atoms with Crippen LogP contribution < -0.4 is 4.74 Å². The fraction of sp³-hybridized carbons (Fsp3) is 0.200. The first-order valence-electron chi connectivity index (χ1n) is 4.51. The second kappa shape index (κ2) is 4.09. The molecule has 2 heterocycles. The number of hydrogen-bond donors (Lipinski definition) is 0. The minimum Gasteiger partial charge on any atom is -0.481 e.